The van der Waals surface area contributed by atoms with E-state index in [1.807, 2.05) is 4.68 Å². The van der Waals surface area contributed by atoms with E-state index < -0.39 is 0 Å². The van der Waals surface area contributed by atoms with Crippen LogP contribution in [-0.4, -0.2) is 30.0 Å². The molecule has 0 aliphatic carbocycles. The zero-order valence-corrected chi connectivity index (χ0v) is 12.8. The molecule has 1 heterocycles. The summed E-state index contributed by atoms with van der Waals surface area (Å²) in [5, 5.41) is 7.78. The normalized spacial score (nSPS) is 11.9. The molecule has 1 N–H and O–H groups in total. The molecule has 0 amide bonds. The van der Waals surface area contributed by atoms with Gasteiger partial charge in [0.2, 0.25) is 0 Å². The van der Waals surface area contributed by atoms with Gasteiger partial charge in [0, 0.05) is 6.04 Å². The van der Waals surface area contributed by atoms with Gasteiger partial charge in [0.05, 0.1) is 13.3 Å². The first-order chi connectivity index (χ1) is 9.06. The van der Waals surface area contributed by atoms with Gasteiger partial charge in [0.1, 0.15) is 5.69 Å². The molecule has 0 saturated heterocycles. The Morgan fingerprint density at radius 3 is 2.68 bits per heavy atom. The molecule has 0 spiro atoms. The van der Waals surface area contributed by atoms with Gasteiger partial charge in [0.15, 0.2) is 5.75 Å². The van der Waals surface area contributed by atoms with E-state index in [2.05, 4.69) is 50.3 Å². The summed E-state index contributed by atoms with van der Waals surface area (Å²) in [6.45, 7) is 10.7. The van der Waals surface area contributed by atoms with Crippen LogP contribution in [0.2, 0.25) is 0 Å². The average Bonchev–Trinajstić information content (AvgIpc) is 2.76. The molecule has 4 nitrogen and oxygen atoms in total. The van der Waals surface area contributed by atoms with Crippen LogP contribution < -0.4 is 10.1 Å². The molecule has 0 radical (unpaired) electrons. The summed E-state index contributed by atoms with van der Waals surface area (Å²) in [5.41, 5.74) is 1.04. The molecule has 0 aliphatic heterocycles. The molecule has 0 bridgehead atoms. The number of hydrogen-bond acceptors (Lipinski definition) is 3. The first-order valence-electron chi connectivity index (χ1n) is 7.05. The van der Waals surface area contributed by atoms with Crippen LogP contribution in [-0.2, 0) is 0 Å². The number of ether oxygens (including phenoxy) is 1. The molecule has 1 rings (SSSR count). The van der Waals surface area contributed by atoms with Crippen molar-refractivity contribution in [2.24, 2.45) is 5.92 Å². The maximum absolute atomic E-state index is 5.34. The van der Waals surface area contributed by atoms with Gasteiger partial charge in [-0.1, -0.05) is 19.9 Å². The topological polar surface area (TPSA) is 39.1 Å². The van der Waals surface area contributed by atoms with E-state index in [1.54, 1.807) is 13.3 Å². The number of hydrogen-bond donors (Lipinski definition) is 1. The standard InChI is InChI=1S/C15H27N3O/c1-12(2)10-16-9-7-6-8-14-15(19-5)11-17-18(14)13(3)4/h6,8,11-13,16H,7,9-10H2,1-5H3/b8-6+. The summed E-state index contributed by atoms with van der Waals surface area (Å²) < 4.78 is 7.32. The molecule has 19 heavy (non-hydrogen) atoms. The fourth-order valence-electron chi connectivity index (χ4n) is 1.85. The zero-order valence-electron chi connectivity index (χ0n) is 12.8. The van der Waals surface area contributed by atoms with E-state index in [9.17, 15) is 0 Å². The molecule has 0 atom stereocenters. The molecule has 1 aromatic heterocycles. The largest absolute Gasteiger partial charge is 0.493 e. The SMILES string of the molecule is COc1cnn(C(C)C)c1/C=C/CCNCC(C)C. The first kappa shape index (κ1) is 15.8. The van der Waals surface area contributed by atoms with Crippen molar-refractivity contribution in [2.75, 3.05) is 20.2 Å². The summed E-state index contributed by atoms with van der Waals surface area (Å²) >= 11 is 0. The molecular weight excluding hydrogens is 238 g/mol. The Morgan fingerprint density at radius 1 is 1.37 bits per heavy atom. The van der Waals surface area contributed by atoms with E-state index in [0.29, 0.717) is 12.0 Å². The predicted molar refractivity (Wildman–Crippen MR) is 80.5 cm³/mol. The van der Waals surface area contributed by atoms with Gasteiger partial charge in [0.25, 0.3) is 0 Å². The van der Waals surface area contributed by atoms with Crippen molar-refractivity contribution in [3.63, 3.8) is 0 Å². The quantitative estimate of drug-likeness (QED) is 0.734. The zero-order chi connectivity index (χ0) is 14.3. The summed E-state index contributed by atoms with van der Waals surface area (Å²) in [4.78, 5) is 0. The number of rotatable bonds is 8. The molecule has 4 heteroatoms. The minimum absolute atomic E-state index is 0.336. The molecule has 0 unspecified atom stereocenters. The average molecular weight is 265 g/mol. The minimum Gasteiger partial charge on any atom is -0.493 e. The third-order valence-corrected chi connectivity index (χ3v) is 2.82. The molecule has 1 aromatic rings. The molecule has 0 aromatic carbocycles. The lowest BCUT2D eigenvalue weighted by molar-refractivity contribution is 0.411. The Morgan fingerprint density at radius 2 is 2.11 bits per heavy atom. The second kappa shape index (κ2) is 8.00. The van der Waals surface area contributed by atoms with Gasteiger partial charge in [-0.05, 0) is 45.4 Å². The van der Waals surface area contributed by atoms with Gasteiger partial charge in [-0.15, -0.1) is 0 Å². The molecule has 0 aliphatic rings. The monoisotopic (exact) mass is 265 g/mol. The Bertz CT molecular complexity index is 394. The van der Waals surface area contributed by atoms with Gasteiger partial charge in [-0.3, -0.25) is 4.68 Å². The summed E-state index contributed by atoms with van der Waals surface area (Å²) in [5.74, 6) is 1.53. The van der Waals surface area contributed by atoms with Crippen molar-refractivity contribution in [3.8, 4) is 5.75 Å². The number of aromatic nitrogens is 2. The maximum atomic E-state index is 5.34. The van der Waals surface area contributed by atoms with Crippen LogP contribution in [0.1, 0.15) is 45.9 Å². The summed E-state index contributed by atoms with van der Waals surface area (Å²) in [7, 11) is 1.68. The van der Waals surface area contributed by atoms with Crippen LogP contribution >= 0.6 is 0 Å². The Balaban J connectivity index is 2.53. The molecule has 0 saturated carbocycles. The highest BCUT2D eigenvalue weighted by atomic mass is 16.5. The maximum Gasteiger partial charge on any atom is 0.164 e. The number of methoxy groups -OCH3 is 1. The van der Waals surface area contributed by atoms with E-state index in [4.69, 9.17) is 4.74 Å². The van der Waals surface area contributed by atoms with Crippen molar-refractivity contribution in [1.29, 1.82) is 0 Å². The van der Waals surface area contributed by atoms with Crippen molar-refractivity contribution >= 4 is 6.08 Å². The lowest BCUT2D eigenvalue weighted by Crippen LogP contribution is -2.20. The fourth-order valence-corrected chi connectivity index (χ4v) is 1.85. The van der Waals surface area contributed by atoms with E-state index in [1.165, 1.54) is 0 Å². The second-order valence-electron chi connectivity index (χ2n) is 5.43. The molecule has 0 fully saturated rings. The third-order valence-electron chi connectivity index (χ3n) is 2.82. The first-order valence-corrected chi connectivity index (χ1v) is 7.05. The third kappa shape index (κ3) is 5.07. The Hall–Kier alpha value is -1.29. The van der Waals surface area contributed by atoms with Crippen molar-refractivity contribution in [2.45, 2.75) is 40.2 Å². The lowest BCUT2D eigenvalue weighted by Gasteiger charge is -2.09. The molecule has 108 valence electrons. The van der Waals surface area contributed by atoms with E-state index in [0.717, 1.165) is 31.0 Å². The van der Waals surface area contributed by atoms with Gasteiger partial charge < -0.3 is 10.1 Å². The van der Waals surface area contributed by atoms with Crippen LogP contribution in [0.5, 0.6) is 5.75 Å². The summed E-state index contributed by atoms with van der Waals surface area (Å²) in [6, 6.07) is 0.336. The van der Waals surface area contributed by atoms with Crippen molar-refractivity contribution in [3.05, 3.63) is 18.0 Å². The lowest BCUT2D eigenvalue weighted by atomic mass is 10.2. The molecular formula is C15H27N3O. The highest BCUT2D eigenvalue weighted by Gasteiger charge is 2.10. The number of nitrogens with one attached hydrogen (secondary N) is 1. The van der Waals surface area contributed by atoms with Gasteiger partial charge in [-0.25, -0.2) is 0 Å². The van der Waals surface area contributed by atoms with Crippen LogP contribution in [0.3, 0.4) is 0 Å². The van der Waals surface area contributed by atoms with Crippen LogP contribution in [0, 0.1) is 5.92 Å². The smallest absolute Gasteiger partial charge is 0.164 e. The van der Waals surface area contributed by atoms with E-state index >= 15 is 0 Å². The van der Waals surface area contributed by atoms with Crippen molar-refractivity contribution in [1.82, 2.24) is 15.1 Å². The van der Waals surface area contributed by atoms with Crippen LogP contribution in [0.25, 0.3) is 6.08 Å². The van der Waals surface area contributed by atoms with Crippen LogP contribution in [0.4, 0.5) is 0 Å². The minimum atomic E-state index is 0.336. The number of nitrogens with zero attached hydrogens (tertiary/aromatic N) is 2. The predicted octanol–water partition coefficient (Wildman–Crippen LogP) is 3.12. The Kier molecular flexibility index (Phi) is 6.64. The van der Waals surface area contributed by atoms with E-state index in [-0.39, 0.29) is 0 Å². The Labute approximate surface area is 116 Å². The fraction of sp³-hybridized carbons (Fsp3) is 0.667. The highest BCUT2D eigenvalue weighted by molar-refractivity contribution is 5.53. The van der Waals surface area contributed by atoms with Gasteiger partial charge in [-0.2, -0.15) is 5.10 Å². The van der Waals surface area contributed by atoms with Crippen LogP contribution in [0.15, 0.2) is 12.3 Å². The second-order valence-corrected chi connectivity index (χ2v) is 5.43. The summed E-state index contributed by atoms with van der Waals surface area (Å²) in [6.07, 6.45) is 7.06. The van der Waals surface area contributed by atoms with Crippen molar-refractivity contribution < 1.29 is 4.74 Å². The van der Waals surface area contributed by atoms with Gasteiger partial charge >= 0.3 is 0 Å². The highest BCUT2D eigenvalue weighted by Crippen LogP contribution is 2.22.